The molecule has 0 saturated carbocycles. The monoisotopic (exact) mass is 441 g/mol. The fourth-order valence-electron chi connectivity index (χ4n) is 2.69. The number of hydroxylamine groups is 1. The number of halogens is 4. The average molecular weight is 441 g/mol. The molecule has 0 bridgehead atoms. The number of amides is 2. The Kier molecular flexibility index (Phi) is 5.14. The number of benzene rings is 2. The van der Waals surface area contributed by atoms with Gasteiger partial charge in [-0.15, -0.1) is 0 Å². The maximum Gasteiger partial charge on any atom is 0.278 e. The minimum atomic E-state index is -2.88. The molecule has 1 aromatic heterocycles. The molecule has 2 amide bonds. The number of hydrogen-bond donors (Lipinski definition) is 2. The number of rotatable bonds is 6. The highest BCUT2D eigenvalue weighted by molar-refractivity contribution is 6.11. The van der Waals surface area contributed by atoms with Crippen molar-refractivity contribution in [2.24, 2.45) is 0 Å². The molecule has 3 rings (SSSR count). The SMILES string of the molecule is [2H]C([2H])([2H])Oc1cccc(-c2c(F)c(F)c(NC(=O)c3cocc3C(=O)NOC)c(F)c2F)c1. The van der Waals surface area contributed by atoms with Gasteiger partial charge in [-0.05, 0) is 17.7 Å². The number of methoxy groups -OCH3 is 1. The summed E-state index contributed by atoms with van der Waals surface area (Å²) in [6.45, 7) is 0. The minimum Gasteiger partial charge on any atom is -0.497 e. The first-order valence-corrected chi connectivity index (χ1v) is 8.30. The van der Waals surface area contributed by atoms with Gasteiger partial charge in [0.2, 0.25) is 0 Å². The van der Waals surface area contributed by atoms with Crippen molar-refractivity contribution in [1.29, 1.82) is 0 Å². The van der Waals surface area contributed by atoms with Gasteiger partial charge in [0.15, 0.2) is 23.3 Å². The highest BCUT2D eigenvalue weighted by Crippen LogP contribution is 2.36. The molecule has 0 unspecified atom stereocenters. The van der Waals surface area contributed by atoms with Crippen LogP contribution in [0.25, 0.3) is 11.1 Å². The molecule has 7 nitrogen and oxygen atoms in total. The zero-order valence-corrected chi connectivity index (χ0v) is 15.5. The van der Waals surface area contributed by atoms with Gasteiger partial charge in [0.05, 0.1) is 35.0 Å². The van der Waals surface area contributed by atoms with Crippen LogP contribution in [-0.4, -0.2) is 26.0 Å². The fourth-order valence-corrected chi connectivity index (χ4v) is 2.69. The summed E-state index contributed by atoms with van der Waals surface area (Å²) in [5, 5.41) is 1.67. The summed E-state index contributed by atoms with van der Waals surface area (Å²) in [6.07, 6.45) is 1.61. The van der Waals surface area contributed by atoms with Gasteiger partial charge in [0, 0.05) is 0 Å². The molecule has 2 aromatic carbocycles. The van der Waals surface area contributed by atoms with E-state index in [2.05, 4.69) is 9.57 Å². The summed E-state index contributed by atoms with van der Waals surface area (Å²) in [4.78, 5) is 28.7. The Morgan fingerprint density at radius 1 is 1.00 bits per heavy atom. The van der Waals surface area contributed by atoms with Crippen LogP contribution in [0, 0.1) is 23.3 Å². The third kappa shape index (κ3) is 4.08. The lowest BCUT2D eigenvalue weighted by molar-refractivity contribution is 0.0535. The Hall–Kier alpha value is -3.86. The summed E-state index contributed by atoms with van der Waals surface area (Å²) < 4.78 is 89.6. The predicted octanol–water partition coefficient (Wildman–Crippen LogP) is 4.06. The Balaban J connectivity index is 2.00. The normalized spacial score (nSPS) is 12.5. The van der Waals surface area contributed by atoms with Crippen molar-refractivity contribution in [2.75, 3.05) is 19.5 Å². The Morgan fingerprint density at radius 2 is 1.65 bits per heavy atom. The molecule has 11 heteroatoms. The van der Waals surface area contributed by atoms with E-state index in [9.17, 15) is 27.2 Å². The van der Waals surface area contributed by atoms with Crippen molar-refractivity contribution < 1.29 is 45.3 Å². The summed E-state index contributed by atoms with van der Waals surface area (Å²) in [5.74, 6) is -10.2. The van der Waals surface area contributed by atoms with Crippen molar-refractivity contribution in [3.8, 4) is 16.9 Å². The average Bonchev–Trinajstić information content (AvgIpc) is 3.25. The van der Waals surface area contributed by atoms with Crippen LogP contribution in [0.2, 0.25) is 0 Å². The van der Waals surface area contributed by atoms with Crippen molar-refractivity contribution in [1.82, 2.24) is 5.48 Å². The number of ether oxygens (including phenoxy) is 1. The van der Waals surface area contributed by atoms with Crippen LogP contribution in [0.1, 0.15) is 24.8 Å². The zero-order chi connectivity index (χ0) is 25.2. The van der Waals surface area contributed by atoms with E-state index in [1.54, 1.807) is 5.32 Å². The van der Waals surface area contributed by atoms with Gasteiger partial charge in [-0.1, -0.05) is 12.1 Å². The number of anilines is 1. The largest absolute Gasteiger partial charge is 0.497 e. The van der Waals surface area contributed by atoms with E-state index in [4.69, 9.17) is 8.53 Å². The summed E-state index contributed by atoms with van der Waals surface area (Å²) in [6, 6.07) is 4.26. The molecular weight excluding hydrogens is 424 g/mol. The van der Waals surface area contributed by atoms with E-state index >= 15 is 0 Å². The van der Waals surface area contributed by atoms with Crippen LogP contribution in [0.3, 0.4) is 0 Å². The molecule has 0 atom stereocenters. The predicted molar refractivity (Wildman–Crippen MR) is 99.4 cm³/mol. The standard InChI is InChI=1S/C20H14F4N2O5/c1-29-10-5-3-4-9(6-10)13-14(21)16(23)18(17(24)15(13)22)25-19(27)11-7-31-8-12(11)20(28)26-30-2/h3-8H,1-2H3,(H,25,27)(H,26,28)/i1D3. The Bertz CT molecular complexity index is 1230. The van der Waals surface area contributed by atoms with E-state index in [0.29, 0.717) is 0 Å². The highest BCUT2D eigenvalue weighted by atomic mass is 19.2. The van der Waals surface area contributed by atoms with Crippen LogP contribution in [0.15, 0.2) is 41.2 Å². The van der Waals surface area contributed by atoms with E-state index in [0.717, 1.165) is 43.9 Å². The van der Waals surface area contributed by atoms with Crippen molar-refractivity contribution in [2.45, 2.75) is 0 Å². The van der Waals surface area contributed by atoms with Crippen LogP contribution >= 0.6 is 0 Å². The second-order valence-electron chi connectivity index (χ2n) is 5.92. The third-order valence-corrected chi connectivity index (χ3v) is 4.09. The second kappa shape index (κ2) is 8.88. The Morgan fingerprint density at radius 3 is 2.26 bits per heavy atom. The van der Waals surface area contributed by atoms with Crippen molar-refractivity contribution in [3.63, 3.8) is 0 Å². The topological polar surface area (TPSA) is 89.8 Å². The first kappa shape index (κ1) is 18.0. The summed E-state index contributed by atoms with van der Waals surface area (Å²) >= 11 is 0. The van der Waals surface area contributed by atoms with Crippen molar-refractivity contribution in [3.05, 3.63) is 71.2 Å². The summed E-state index contributed by atoms with van der Waals surface area (Å²) in [7, 11) is -1.77. The quantitative estimate of drug-likeness (QED) is 0.342. The molecule has 162 valence electrons. The van der Waals surface area contributed by atoms with E-state index in [1.807, 2.05) is 5.48 Å². The van der Waals surface area contributed by atoms with Gasteiger partial charge in [0.25, 0.3) is 11.8 Å². The lowest BCUT2D eigenvalue weighted by Crippen LogP contribution is -2.25. The van der Waals surface area contributed by atoms with E-state index < -0.39 is 64.5 Å². The van der Waals surface area contributed by atoms with Crippen LogP contribution in [-0.2, 0) is 4.84 Å². The van der Waals surface area contributed by atoms with Gasteiger partial charge < -0.3 is 14.5 Å². The minimum absolute atomic E-state index is 0.337. The van der Waals surface area contributed by atoms with Gasteiger partial charge in [0.1, 0.15) is 24.0 Å². The molecule has 0 radical (unpaired) electrons. The van der Waals surface area contributed by atoms with E-state index in [-0.39, 0.29) is 11.3 Å². The number of nitrogens with one attached hydrogen (secondary N) is 2. The molecule has 1 heterocycles. The first-order valence-electron chi connectivity index (χ1n) is 9.80. The number of hydrogen-bond acceptors (Lipinski definition) is 5. The van der Waals surface area contributed by atoms with Gasteiger partial charge in [-0.25, -0.2) is 23.0 Å². The van der Waals surface area contributed by atoms with Gasteiger partial charge in [-0.3, -0.25) is 14.4 Å². The first-order chi connectivity index (χ1) is 15.9. The lowest BCUT2D eigenvalue weighted by Gasteiger charge is -2.13. The molecule has 0 spiro atoms. The molecule has 0 saturated heterocycles. The smallest absolute Gasteiger partial charge is 0.278 e. The number of carbonyl (C=O) groups excluding carboxylic acids is 2. The fraction of sp³-hybridized carbons (Fsp3) is 0.100. The zero-order valence-electron chi connectivity index (χ0n) is 18.5. The summed E-state index contributed by atoms with van der Waals surface area (Å²) in [5.41, 5.74) is -2.04. The molecular formula is C20H14F4N2O5. The third-order valence-electron chi connectivity index (χ3n) is 4.09. The molecule has 2 N–H and O–H groups in total. The van der Waals surface area contributed by atoms with Crippen LogP contribution < -0.4 is 15.5 Å². The van der Waals surface area contributed by atoms with Gasteiger partial charge >= 0.3 is 0 Å². The molecule has 3 aromatic rings. The maximum absolute atomic E-state index is 14.8. The highest BCUT2D eigenvalue weighted by Gasteiger charge is 2.29. The molecule has 31 heavy (non-hydrogen) atoms. The van der Waals surface area contributed by atoms with Gasteiger partial charge in [-0.2, -0.15) is 0 Å². The molecule has 0 fully saturated rings. The maximum atomic E-state index is 14.8. The Labute approximate surface area is 176 Å². The van der Waals surface area contributed by atoms with Crippen LogP contribution in [0.5, 0.6) is 5.75 Å². The van der Waals surface area contributed by atoms with E-state index in [1.165, 1.54) is 0 Å². The number of furan rings is 1. The molecule has 0 aliphatic carbocycles. The lowest BCUT2D eigenvalue weighted by atomic mass is 10.0. The van der Waals surface area contributed by atoms with Crippen molar-refractivity contribution >= 4 is 17.5 Å². The molecule has 0 aliphatic heterocycles. The number of carbonyl (C=O) groups is 2. The molecule has 0 aliphatic rings. The van der Waals surface area contributed by atoms with Crippen LogP contribution in [0.4, 0.5) is 23.2 Å². The second-order valence-corrected chi connectivity index (χ2v) is 5.92.